The van der Waals surface area contributed by atoms with Crippen LogP contribution in [0.2, 0.25) is 0 Å². The van der Waals surface area contributed by atoms with Gasteiger partial charge in [0.15, 0.2) is 0 Å². The molecule has 0 unspecified atom stereocenters. The number of nitro groups is 1. The second-order valence-electron chi connectivity index (χ2n) is 4.44. The summed E-state index contributed by atoms with van der Waals surface area (Å²) in [6.07, 6.45) is 0. The predicted molar refractivity (Wildman–Crippen MR) is 79.3 cm³/mol. The first-order chi connectivity index (χ1) is 10.1. The van der Waals surface area contributed by atoms with E-state index in [2.05, 4.69) is 5.32 Å². The van der Waals surface area contributed by atoms with Crippen molar-refractivity contribution in [3.8, 4) is 5.75 Å². The highest BCUT2D eigenvalue weighted by atomic mass is 16.6. The Balaban J connectivity index is 2.17. The number of hydrogen-bond acceptors (Lipinski definition) is 5. The molecule has 0 fully saturated rings. The molecule has 0 aromatic heterocycles. The Morgan fingerprint density at radius 2 is 2.10 bits per heavy atom. The smallest absolute Gasteiger partial charge is 0.269 e. The lowest BCUT2D eigenvalue weighted by Gasteiger charge is -2.11. The summed E-state index contributed by atoms with van der Waals surface area (Å²) in [7, 11) is 1.75. The number of non-ortho nitro benzene ring substituents is 1. The Hall–Kier alpha value is -2.60. The van der Waals surface area contributed by atoms with Gasteiger partial charge in [0.05, 0.1) is 11.5 Å². The number of nitrogens with one attached hydrogen (secondary N) is 1. The number of ether oxygens (including phenoxy) is 1. The van der Waals surface area contributed by atoms with Crippen LogP contribution in [0.1, 0.15) is 11.1 Å². The van der Waals surface area contributed by atoms with Gasteiger partial charge in [0, 0.05) is 30.4 Å². The molecule has 0 aliphatic heterocycles. The summed E-state index contributed by atoms with van der Waals surface area (Å²) in [4.78, 5) is 10.4. The van der Waals surface area contributed by atoms with Crippen LogP contribution in [0.4, 0.5) is 11.4 Å². The number of aliphatic hydroxyl groups excluding tert-OH is 1. The van der Waals surface area contributed by atoms with Crippen LogP contribution in [0.5, 0.6) is 5.75 Å². The second-order valence-corrected chi connectivity index (χ2v) is 4.44. The molecule has 0 aliphatic carbocycles. The molecule has 0 saturated heterocycles. The monoisotopic (exact) mass is 288 g/mol. The van der Waals surface area contributed by atoms with Crippen LogP contribution in [0.15, 0.2) is 42.5 Å². The predicted octanol–water partition coefficient (Wildman–Crippen LogP) is 2.71. The molecule has 0 aliphatic rings. The minimum Gasteiger partial charge on any atom is -0.489 e. The molecule has 0 bridgehead atoms. The maximum atomic E-state index is 10.8. The molecule has 0 saturated carbocycles. The molecule has 6 nitrogen and oxygen atoms in total. The van der Waals surface area contributed by atoms with Gasteiger partial charge in [0.25, 0.3) is 5.69 Å². The van der Waals surface area contributed by atoms with Crippen molar-refractivity contribution in [2.75, 3.05) is 12.4 Å². The molecule has 0 amide bonds. The fourth-order valence-electron chi connectivity index (χ4n) is 1.95. The molecule has 0 radical (unpaired) electrons. The SMILES string of the molecule is CNc1ccc([N+](=O)[O-])cc1COc1cccc(CO)c1. The van der Waals surface area contributed by atoms with Crippen LogP contribution in [0, 0.1) is 10.1 Å². The van der Waals surface area contributed by atoms with Crippen LogP contribution in [0.25, 0.3) is 0 Å². The highest BCUT2D eigenvalue weighted by Gasteiger charge is 2.10. The molecule has 0 spiro atoms. The zero-order valence-corrected chi connectivity index (χ0v) is 11.6. The van der Waals surface area contributed by atoms with Crippen molar-refractivity contribution in [2.45, 2.75) is 13.2 Å². The third-order valence-corrected chi connectivity index (χ3v) is 3.04. The second kappa shape index (κ2) is 6.71. The van der Waals surface area contributed by atoms with Crippen molar-refractivity contribution in [1.82, 2.24) is 0 Å². The molecule has 2 N–H and O–H groups in total. The van der Waals surface area contributed by atoms with Gasteiger partial charge in [-0.15, -0.1) is 0 Å². The number of nitrogens with zero attached hydrogens (tertiary/aromatic N) is 1. The molecular formula is C15H16N2O4. The van der Waals surface area contributed by atoms with E-state index in [4.69, 9.17) is 9.84 Å². The molecule has 0 heterocycles. The zero-order chi connectivity index (χ0) is 15.2. The Morgan fingerprint density at radius 3 is 2.76 bits per heavy atom. The Kier molecular flexibility index (Phi) is 4.73. The molecule has 6 heteroatoms. The minimum atomic E-state index is -0.435. The molecule has 21 heavy (non-hydrogen) atoms. The number of anilines is 1. The Labute approximate surface area is 122 Å². The van der Waals surface area contributed by atoms with Crippen molar-refractivity contribution in [1.29, 1.82) is 0 Å². The highest BCUT2D eigenvalue weighted by molar-refractivity contribution is 5.55. The summed E-state index contributed by atoms with van der Waals surface area (Å²) in [5, 5.41) is 22.9. The van der Waals surface area contributed by atoms with Crippen molar-refractivity contribution < 1.29 is 14.8 Å². The number of aliphatic hydroxyl groups is 1. The van der Waals surface area contributed by atoms with Crippen molar-refractivity contribution in [3.63, 3.8) is 0 Å². The van der Waals surface area contributed by atoms with Gasteiger partial charge in [-0.1, -0.05) is 12.1 Å². The van der Waals surface area contributed by atoms with E-state index in [9.17, 15) is 10.1 Å². The molecule has 0 atom stereocenters. The number of nitro benzene ring substituents is 1. The normalized spacial score (nSPS) is 10.2. The van der Waals surface area contributed by atoms with E-state index < -0.39 is 4.92 Å². The molecule has 110 valence electrons. The van der Waals surface area contributed by atoms with E-state index in [-0.39, 0.29) is 18.9 Å². The lowest BCUT2D eigenvalue weighted by Crippen LogP contribution is -2.02. The average molecular weight is 288 g/mol. The van der Waals surface area contributed by atoms with Crippen LogP contribution in [0.3, 0.4) is 0 Å². The van der Waals surface area contributed by atoms with E-state index in [1.165, 1.54) is 12.1 Å². The van der Waals surface area contributed by atoms with Gasteiger partial charge < -0.3 is 15.2 Å². The first-order valence-electron chi connectivity index (χ1n) is 6.41. The summed E-state index contributed by atoms with van der Waals surface area (Å²) in [6.45, 7) is 0.141. The van der Waals surface area contributed by atoms with E-state index in [0.717, 1.165) is 11.3 Å². The van der Waals surface area contributed by atoms with Gasteiger partial charge >= 0.3 is 0 Å². The topological polar surface area (TPSA) is 84.6 Å². The van der Waals surface area contributed by atoms with Crippen LogP contribution >= 0.6 is 0 Å². The fourth-order valence-corrected chi connectivity index (χ4v) is 1.95. The number of hydrogen-bond donors (Lipinski definition) is 2. The van der Waals surface area contributed by atoms with Crippen LogP contribution in [-0.4, -0.2) is 17.1 Å². The van der Waals surface area contributed by atoms with Crippen molar-refractivity contribution >= 4 is 11.4 Å². The summed E-state index contributed by atoms with van der Waals surface area (Å²) in [6, 6.07) is 11.7. The summed E-state index contributed by atoms with van der Waals surface area (Å²) in [5.74, 6) is 0.607. The molecule has 2 aromatic carbocycles. The third kappa shape index (κ3) is 3.70. The molecular weight excluding hydrogens is 272 g/mol. The lowest BCUT2D eigenvalue weighted by molar-refractivity contribution is -0.384. The largest absolute Gasteiger partial charge is 0.489 e. The van der Waals surface area contributed by atoms with Gasteiger partial charge in [-0.2, -0.15) is 0 Å². The van der Waals surface area contributed by atoms with Crippen molar-refractivity contribution in [2.24, 2.45) is 0 Å². The lowest BCUT2D eigenvalue weighted by atomic mass is 10.1. The minimum absolute atomic E-state index is 0.0247. The van der Waals surface area contributed by atoms with Gasteiger partial charge in [-0.25, -0.2) is 0 Å². The van der Waals surface area contributed by atoms with Gasteiger partial charge in [0.1, 0.15) is 12.4 Å². The maximum absolute atomic E-state index is 10.8. The van der Waals surface area contributed by atoms with E-state index >= 15 is 0 Å². The zero-order valence-electron chi connectivity index (χ0n) is 11.6. The average Bonchev–Trinajstić information content (AvgIpc) is 2.52. The quantitative estimate of drug-likeness (QED) is 0.630. The highest BCUT2D eigenvalue weighted by Crippen LogP contribution is 2.24. The van der Waals surface area contributed by atoms with Gasteiger partial charge in [-0.05, 0) is 23.8 Å². The summed E-state index contributed by atoms with van der Waals surface area (Å²) < 4.78 is 5.64. The number of benzene rings is 2. The Bertz CT molecular complexity index is 643. The molecule has 2 rings (SSSR count). The van der Waals surface area contributed by atoms with E-state index in [0.29, 0.717) is 11.3 Å². The fraction of sp³-hybridized carbons (Fsp3) is 0.200. The van der Waals surface area contributed by atoms with E-state index in [1.54, 1.807) is 37.4 Å². The third-order valence-electron chi connectivity index (χ3n) is 3.04. The van der Waals surface area contributed by atoms with Gasteiger partial charge in [0.2, 0.25) is 0 Å². The first kappa shape index (κ1) is 14.8. The maximum Gasteiger partial charge on any atom is 0.269 e. The van der Waals surface area contributed by atoms with Crippen molar-refractivity contribution in [3.05, 3.63) is 63.7 Å². The summed E-state index contributed by atoms with van der Waals surface area (Å²) in [5.41, 5.74) is 2.25. The van der Waals surface area contributed by atoms with Crippen LogP contribution in [-0.2, 0) is 13.2 Å². The molecule has 2 aromatic rings. The first-order valence-corrected chi connectivity index (χ1v) is 6.41. The number of rotatable bonds is 6. The Morgan fingerprint density at radius 1 is 1.29 bits per heavy atom. The summed E-state index contributed by atoms with van der Waals surface area (Å²) >= 11 is 0. The van der Waals surface area contributed by atoms with Gasteiger partial charge in [-0.3, -0.25) is 10.1 Å². The van der Waals surface area contributed by atoms with Crippen LogP contribution < -0.4 is 10.1 Å². The van der Waals surface area contributed by atoms with E-state index in [1.807, 2.05) is 0 Å². The standard InChI is InChI=1S/C15H16N2O4/c1-16-15-6-5-13(17(19)20)8-12(15)10-21-14-4-2-3-11(7-14)9-18/h2-8,16,18H,9-10H2,1H3.